The fourth-order valence-electron chi connectivity index (χ4n) is 4.77. The Morgan fingerprint density at radius 3 is 2.69 bits per heavy atom. The highest BCUT2D eigenvalue weighted by molar-refractivity contribution is 7.19. The number of nitrogens with one attached hydrogen (secondary N) is 1. The van der Waals surface area contributed by atoms with Crippen molar-refractivity contribution in [2.75, 3.05) is 26.2 Å². The van der Waals surface area contributed by atoms with E-state index in [1.54, 1.807) is 6.20 Å². The van der Waals surface area contributed by atoms with Crippen molar-refractivity contribution in [3.63, 3.8) is 0 Å². The Hall–Kier alpha value is -3.27. The number of hydrogen-bond donors (Lipinski definition) is 1. The maximum Gasteiger partial charge on any atom is 0.264 e. The first kappa shape index (κ1) is 22.2. The third kappa shape index (κ3) is 3.99. The quantitative estimate of drug-likeness (QED) is 0.545. The number of carbonyl (C=O) groups excluding carboxylic acids is 3. The van der Waals surface area contributed by atoms with Crippen molar-refractivity contribution in [2.45, 2.75) is 19.1 Å². The summed E-state index contributed by atoms with van der Waals surface area (Å²) in [5.74, 6) is 0.0276. The van der Waals surface area contributed by atoms with Crippen molar-refractivity contribution >= 4 is 50.9 Å². The van der Waals surface area contributed by atoms with Crippen LogP contribution in [0.3, 0.4) is 0 Å². The number of ether oxygens (including phenoxy) is 1. The second-order valence-corrected chi connectivity index (χ2v) is 10.3. The normalized spacial score (nSPS) is 19.5. The van der Waals surface area contributed by atoms with Gasteiger partial charge in [0.05, 0.1) is 16.8 Å². The molecule has 1 fully saturated rings. The highest BCUT2D eigenvalue weighted by Gasteiger charge is 2.35. The number of fused-ring (bicyclic) bond motifs is 2. The van der Waals surface area contributed by atoms with Gasteiger partial charge in [-0.25, -0.2) is 0 Å². The van der Waals surface area contributed by atoms with Gasteiger partial charge in [0.1, 0.15) is 5.75 Å². The molecule has 1 atom stereocenters. The number of amides is 3. The van der Waals surface area contributed by atoms with E-state index in [4.69, 9.17) is 16.3 Å². The van der Waals surface area contributed by atoms with Crippen molar-refractivity contribution < 1.29 is 19.1 Å². The molecule has 0 radical (unpaired) electrons. The number of piperazine rings is 1. The summed E-state index contributed by atoms with van der Waals surface area (Å²) in [6, 6.07) is 7.51. The molecule has 3 amide bonds. The van der Waals surface area contributed by atoms with E-state index in [9.17, 15) is 14.4 Å². The molecule has 3 aromatic rings. The standard InChI is InChI=1S/C25H21ClN4O4S/c26-15-9-14-10-20(25(33)29-7-5-27-6-8-29)34-23(14)18(11-15)17-3-4-28-19-12-16(35-24(17)19)13-30-21(31)1-2-22(30)32/h1-4,9,11-12,20,27H,5-8,10,13H2/t20-/m1/s1. The van der Waals surface area contributed by atoms with Crippen LogP contribution in [0.4, 0.5) is 0 Å². The fourth-order valence-corrected chi connectivity index (χ4v) is 6.14. The molecule has 10 heteroatoms. The summed E-state index contributed by atoms with van der Waals surface area (Å²) in [7, 11) is 0. The van der Waals surface area contributed by atoms with E-state index < -0.39 is 6.10 Å². The zero-order valence-electron chi connectivity index (χ0n) is 18.6. The van der Waals surface area contributed by atoms with Crippen LogP contribution in [-0.2, 0) is 27.3 Å². The van der Waals surface area contributed by atoms with Crippen molar-refractivity contribution in [3.8, 4) is 16.9 Å². The van der Waals surface area contributed by atoms with E-state index in [1.165, 1.54) is 28.4 Å². The molecule has 0 bridgehead atoms. The highest BCUT2D eigenvalue weighted by atomic mass is 35.5. The monoisotopic (exact) mass is 508 g/mol. The minimum Gasteiger partial charge on any atom is -0.479 e. The number of halogens is 1. The molecule has 2 aromatic heterocycles. The van der Waals surface area contributed by atoms with E-state index in [0.717, 1.165) is 44.9 Å². The van der Waals surface area contributed by atoms with Gasteiger partial charge in [0.2, 0.25) is 0 Å². The Kier molecular flexibility index (Phi) is 5.55. The summed E-state index contributed by atoms with van der Waals surface area (Å²) in [5.41, 5.74) is 3.35. The molecule has 0 saturated carbocycles. The number of aromatic nitrogens is 1. The summed E-state index contributed by atoms with van der Waals surface area (Å²) >= 11 is 7.97. The Labute approximate surface area is 210 Å². The van der Waals surface area contributed by atoms with Gasteiger partial charge >= 0.3 is 0 Å². The smallest absolute Gasteiger partial charge is 0.264 e. The molecule has 1 N–H and O–H groups in total. The van der Waals surface area contributed by atoms with Gasteiger partial charge in [-0.1, -0.05) is 11.6 Å². The van der Waals surface area contributed by atoms with E-state index in [2.05, 4.69) is 10.3 Å². The van der Waals surface area contributed by atoms with Gasteiger partial charge in [-0.2, -0.15) is 0 Å². The summed E-state index contributed by atoms with van der Waals surface area (Å²) in [6.07, 6.45) is 4.18. The van der Waals surface area contributed by atoms with Gasteiger partial charge in [0, 0.05) is 77.5 Å². The first-order valence-corrected chi connectivity index (χ1v) is 12.6. The van der Waals surface area contributed by atoms with Crippen molar-refractivity contribution in [1.29, 1.82) is 0 Å². The summed E-state index contributed by atoms with van der Waals surface area (Å²) in [4.78, 5) is 45.5. The van der Waals surface area contributed by atoms with Crippen LogP contribution in [0.1, 0.15) is 10.4 Å². The van der Waals surface area contributed by atoms with Crippen LogP contribution in [0.5, 0.6) is 5.75 Å². The molecule has 1 aromatic carbocycles. The number of thiophene rings is 1. The van der Waals surface area contributed by atoms with Crippen LogP contribution in [0.25, 0.3) is 21.3 Å². The fraction of sp³-hybridized carbons (Fsp3) is 0.280. The second kappa shape index (κ2) is 8.75. The zero-order valence-corrected chi connectivity index (χ0v) is 20.2. The third-order valence-corrected chi connectivity index (χ3v) is 7.83. The lowest BCUT2D eigenvalue weighted by Gasteiger charge is -2.29. The number of pyridine rings is 1. The topological polar surface area (TPSA) is 91.8 Å². The molecular formula is C25H21ClN4O4S. The first-order valence-electron chi connectivity index (χ1n) is 11.4. The predicted octanol–water partition coefficient (Wildman–Crippen LogP) is 2.78. The van der Waals surface area contributed by atoms with Crippen LogP contribution >= 0.6 is 22.9 Å². The number of benzene rings is 1. The SMILES string of the molecule is O=C([C@H]1Cc2cc(Cl)cc(-c3ccnc4cc(CN5C(=O)C=CC5=O)sc34)c2O1)N1CCNCC1. The van der Waals surface area contributed by atoms with Gasteiger partial charge in [-0.05, 0) is 24.3 Å². The van der Waals surface area contributed by atoms with Crippen molar-refractivity contribution in [2.24, 2.45) is 0 Å². The number of rotatable bonds is 4. The number of nitrogens with zero attached hydrogens (tertiary/aromatic N) is 3. The van der Waals surface area contributed by atoms with Crippen molar-refractivity contribution in [3.05, 3.63) is 58.1 Å². The molecule has 3 aliphatic heterocycles. The van der Waals surface area contributed by atoms with Gasteiger partial charge in [-0.15, -0.1) is 11.3 Å². The Morgan fingerprint density at radius 1 is 1.14 bits per heavy atom. The van der Waals surface area contributed by atoms with Crippen LogP contribution in [0, 0.1) is 0 Å². The minimum absolute atomic E-state index is 0.00313. The molecule has 0 aliphatic carbocycles. The number of carbonyl (C=O) groups is 3. The lowest BCUT2D eigenvalue weighted by molar-refractivity contribution is -0.139. The maximum absolute atomic E-state index is 13.1. The molecule has 6 rings (SSSR count). The molecule has 8 nitrogen and oxygen atoms in total. The van der Waals surface area contributed by atoms with E-state index in [-0.39, 0.29) is 24.3 Å². The van der Waals surface area contributed by atoms with Gasteiger partial charge in [0.15, 0.2) is 6.10 Å². The van der Waals surface area contributed by atoms with Crippen molar-refractivity contribution in [1.82, 2.24) is 20.1 Å². The molecule has 0 unspecified atom stereocenters. The Morgan fingerprint density at radius 2 is 1.91 bits per heavy atom. The maximum atomic E-state index is 13.1. The Bertz CT molecular complexity index is 1390. The molecule has 0 spiro atoms. The van der Waals surface area contributed by atoms with E-state index in [0.29, 0.717) is 30.3 Å². The average molecular weight is 509 g/mol. The Balaban J connectivity index is 1.34. The summed E-state index contributed by atoms with van der Waals surface area (Å²) in [6.45, 7) is 3.09. The minimum atomic E-state index is -0.573. The molecule has 5 heterocycles. The largest absolute Gasteiger partial charge is 0.479 e. The second-order valence-electron chi connectivity index (χ2n) is 8.71. The molecule has 35 heavy (non-hydrogen) atoms. The average Bonchev–Trinajstić information content (AvgIpc) is 3.56. The summed E-state index contributed by atoms with van der Waals surface area (Å²) in [5, 5.41) is 3.83. The molecule has 178 valence electrons. The first-order chi connectivity index (χ1) is 17.0. The van der Waals surface area contributed by atoms with Gasteiger partial charge in [-0.3, -0.25) is 24.3 Å². The summed E-state index contributed by atoms with van der Waals surface area (Å²) < 4.78 is 7.16. The van der Waals surface area contributed by atoms with E-state index >= 15 is 0 Å². The third-order valence-electron chi connectivity index (χ3n) is 6.47. The van der Waals surface area contributed by atoms with Crippen LogP contribution in [0.2, 0.25) is 5.02 Å². The van der Waals surface area contributed by atoms with Crippen LogP contribution < -0.4 is 10.1 Å². The zero-order chi connectivity index (χ0) is 24.1. The molecule has 1 saturated heterocycles. The van der Waals surface area contributed by atoms with Gasteiger partial charge < -0.3 is 15.0 Å². The lowest BCUT2D eigenvalue weighted by atomic mass is 10.0. The number of hydrogen-bond acceptors (Lipinski definition) is 7. The van der Waals surface area contributed by atoms with Gasteiger partial charge in [0.25, 0.3) is 17.7 Å². The predicted molar refractivity (Wildman–Crippen MR) is 132 cm³/mol. The molecular weight excluding hydrogens is 488 g/mol. The van der Waals surface area contributed by atoms with Crippen LogP contribution in [-0.4, -0.2) is 64.8 Å². The van der Waals surface area contributed by atoms with Crippen LogP contribution in [0.15, 0.2) is 42.6 Å². The highest BCUT2D eigenvalue weighted by Crippen LogP contribution is 2.45. The molecule has 3 aliphatic rings. The number of imide groups is 1. The van der Waals surface area contributed by atoms with E-state index in [1.807, 2.05) is 29.2 Å². The lowest BCUT2D eigenvalue weighted by Crippen LogP contribution is -2.50.